The highest BCUT2D eigenvalue weighted by Gasteiger charge is 2.24. The summed E-state index contributed by atoms with van der Waals surface area (Å²) in [5.41, 5.74) is 3.68. The normalized spacial score (nSPS) is 11.1. The molecule has 3 aromatic carbocycles. The molecule has 40 heavy (non-hydrogen) atoms. The Morgan fingerprint density at radius 3 is 2.42 bits per heavy atom. The molecule has 0 fully saturated rings. The van der Waals surface area contributed by atoms with Gasteiger partial charge in [0.2, 0.25) is 5.91 Å². The number of rotatable bonds is 12. The number of amides is 2. The van der Waals surface area contributed by atoms with Gasteiger partial charge in [-0.25, -0.2) is 0 Å². The molecule has 1 N–H and O–H groups in total. The Morgan fingerprint density at radius 1 is 0.925 bits per heavy atom. The van der Waals surface area contributed by atoms with Crippen LogP contribution in [0.3, 0.4) is 0 Å². The van der Waals surface area contributed by atoms with Crippen molar-refractivity contribution in [2.75, 3.05) is 33.9 Å². The van der Waals surface area contributed by atoms with E-state index in [0.29, 0.717) is 43.1 Å². The molecular weight excluding hydrogens is 570 g/mol. The van der Waals surface area contributed by atoms with Crippen LogP contribution in [0.15, 0.2) is 77.4 Å². The Balaban J connectivity index is 1.59. The largest absolute Gasteiger partial charge is 0.493 e. The van der Waals surface area contributed by atoms with Crippen molar-refractivity contribution in [3.05, 3.63) is 94.1 Å². The van der Waals surface area contributed by atoms with Crippen LogP contribution in [0.1, 0.15) is 35.3 Å². The summed E-state index contributed by atoms with van der Waals surface area (Å²) in [5.74, 6) is 1.17. The monoisotopic (exact) mass is 605 g/mol. The van der Waals surface area contributed by atoms with Crippen LogP contribution in [-0.4, -0.2) is 60.5 Å². The average Bonchev–Trinajstić information content (AvgIpc) is 3.37. The van der Waals surface area contributed by atoms with Gasteiger partial charge in [0.15, 0.2) is 11.5 Å². The number of benzene rings is 3. The Labute approximate surface area is 244 Å². The zero-order valence-electron chi connectivity index (χ0n) is 23.4. The van der Waals surface area contributed by atoms with Gasteiger partial charge >= 0.3 is 0 Å². The lowest BCUT2D eigenvalue weighted by atomic mass is 10.1. The van der Waals surface area contributed by atoms with Gasteiger partial charge in [0.1, 0.15) is 6.54 Å². The second-order valence-electron chi connectivity index (χ2n) is 10.2. The van der Waals surface area contributed by atoms with E-state index in [1.807, 2.05) is 73.5 Å². The summed E-state index contributed by atoms with van der Waals surface area (Å²) in [4.78, 5) is 34.2. The first-order valence-electron chi connectivity index (χ1n) is 13.4. The van der Waals surface area contributed by atoms with Gasteiger partial charge in [-0.2, -0.15) is 0 Å². The zero-order chi connectivity index (χ0) is 28.6. The van der Waals surface area contributed by atoms with Crippen LogP contribution in [0.2, 0.25) is 0 Å². The number of aromatic amines is 1. The third kappa shape index (κ3) is 7.24. The molecule has 0 unspecified atom stereocenters. The summed E-state index contributed by atoms with van der Waals surface area (Å²) in [6.07, 6.45) is 2.68. The third-order valence-corrected chi connectivity index (χ3v) is 7.26. The molecule has 4 rings (SSSR count). The Hall–Kier alpha value is -3.78. The molecule has 4 aromatic rings. The van der Waals surface area contributed by atoms with E-state index in [0.717, 1.165) is 26.5 Å². The standard InChI is InChI=1S/C32H36BrN3O4/c1-22(2)19-36(32(38)24-8-7-9-26(33)17-24)21-31(37)35(20-23-12-13-29(39-3)30(16-23)40-4)15-14-25-18-34-28-11-6-5-10-27(25)28/h5-13,16-18,22,34H,14-15,19-21H2,1-4H3. The molecule has 0 spiro atoms. The third-order valence-electron chi connectivity index (χ3n) is 6.77. The highest BCUT2D eigenvalue weighted by molar-refractivity contribution is 9.10. The van der Waals surface area contributed by atoms with Gasteiger partial charge in [0.05, 0.1) is 14.2 Å². The molecule has 7 nitrogen and oxygen atoms in total. The van der Waals surface area contributed by atoms with Crippen molar-refractivity contribution in [1.29, 1.82) is 0 Å². The summed E-state index contributed by atoms with van der Waals surface area (Å²) in [6, 6.07) is 21.1. The van der Waals surface area contributed by atoms with E-state index in [1.165, 1.54) is 0 Å². The number of nitrogens with one attached hydrogen (secondary N) is 1. The molecule has 210 valence electrons. The lowest BCUT2D eigenvalue weighted by Crippen LogP contribution is -2.44. The lowest BCUT2D eigenvalue weighted by Gasteiger charge is -2.29. The summed E-state index contributed by atoms with van der Waals surface area (Å²) in [6.45, 7) is 5.43. The van der Waals surface area contributed by atoms with Crippen LogP contribution in [0.4, 0.5) is 0 Å². The van der Waals surface area contributed by atoms with Crippen molar-refractivity contribution in [2.24, 2.45) is 5.92 Å². The van der Waals surface area contributed by atoms with E-state index in [1.54, 1.807) is 31.3 Å². The number of carbonyl (C=O) groups is 2. The molecule has 1 heterocycles. The summed E-state index contributed by atoms with van der Waals surface area (Å²) in [7, 11) is 3.19. The van der Waals surface area contributed by atoms with Crippen LogP contribution in [0.5, 0.6) is 11.5 Å². The fourth-order valence-electron chi connectivity index (χ4n) is 4.81. The average molecular weight is 607 g/mol. The number of methoxy groups -OCH3 is 2. The van der Waals surface area contributed by atoms with E-state index >= 15 is 0 Å². The molecule has 1 aromatic heterocycles. The number of aromatic nitrogens is 1. The van der Waals surface area contributed by atoms with Crippen LogP contribution < -0.4 is 9.47 Å². The molecule has 0 aliphatic carbocycles. The Kier molecular flexibility index (Phi) is 9.88. The minimum absolute atomic E-state index is 0.00923. The van der Waals surface area contributed by atoms with Crippen molar-refractivity contribution < 1.29 is 19.1 Å². The predicted octanol–water partition coefficient (Wildman–Crippen LogP) is 6.32. The molecular formula is C32H36BrN3O4. The molecule has 0 atom stereocenters. The molecule has 2 amide bonds. The SMILES string of the molecule is COc1ccc(CN(CCc2c[nH]c3ccccc23)C(=O)CN(CC(C)C)C(=O)c2cccc(Br)c2)cc1OC. The number of para-hydroxylation sites is 1. The number of hydrogen-bond acceptors (Lipinski definition) is 4. The first-order valence-corrected chi connectivity index (χ1v) is 14.2. The second kappa shape index (κ2) is 13.5. The first kappa shape index (κ1) is 29.2. The number of H-pyrrole nitrogens is 1. The van der Waals surface area contributed by atoms with Gasteiger partial charge in [-0.15, -0.1) is 0 Å². The van der Waals surface area contributed by atoms with Gasteiger partial charge in [-0.1, -0.05) is 60.1 Å². The maximum Gasteiger partial charge on any atom is 0.254 e. The van der Waals surface area contributed by atoms with Gasteiger partial charge in [0, 0.05) is 46.8 Å². The minimum Gasteiger partial charge on any atom is -0.493 e. The first-order chi connectivity index (χ1) is 19.3. The maximum atomic E-state index is 13.9. The molecule has 8 heteroatoms. The molecule has 0 bridgehead atoms. The van der Waals surface area contributed by atoms with Crippen molar-refractivity contribution in [3.63, 3.8) is 0 Å². The molecule has 0 saturated carbocycles. The van der Waals surface area contributed by atoms with Gasteiger partial charge in [-0.3, -0.25) is 9.59 Å². The van der Waals surface area contributed by atoms with Crippen LogP contribution in [0, 0.1) is 5.92 Å². The van der Waals surface area contributed by atoms with Crippen molar-refractivity contribution in [3.8, 4) is 11.5 Å². The van der Waals surface area contributed by atoms with E-state index in [2.05, 4.69) is 27.0 Å². The molecule has 0 aliphatic rings. The number of nitrogens with zero attached hydrogens (tertiary/aromatic N) is 2. The van der Waals surface area contributed by atoms with E-state index in [-0.39, 0.29) is 24.3 Å². The second-order valence-corrected chi connectivity index (χ2v) is 11.1. The molecule has 0 radical (unpaired) electrons. The summed E-state index contributed by atoms with van der Waals surface area (Å²) >= 11 is 3.45. The minimum atomic E-state index is -0.161. The van der Waals surface area contributed by atoms with E-state index < -0.39 is 0 Å². The highest BCUT2D eigenvalue weighted by Crippen LogP contribution is 2.28. The van der Waals surface area contributed by atoms with Crippen LogP contribution in [-0.2, 0) is 17.8 Å². The van der Waals surface area contributed by atoms with Crippen molar-refractivity contribution >= 4 is 38.6 Å². The smallest absolute Gasteiger partial charge is 0.254 e. The number of ether oxygens (including phenoxy) is 2. The van der Waals surface area contributed by atoms with E-state index in [9.17, 15) is 9.59 Å². The zero-order valence-corrected chi connectivity index (χ0v) is 25.0. The van der Waals surface area contributed by atoms with Crippen LogP contribution >= 0.6 is 15.9 Å². The maximum absolute atomic E-state index is 13.9. The number of carbonyl (C=O) groups excluding carboxylic acids is 2. The lowest BCUT2D eigenvalue weighted by molar-refractivity contribution is -0.132. The molecule has 0 saturated heterocycles. The summed E-state index contributed by atoms with van der Waals surface area (Å²) in [5, 5.41) is 1.15. The van der Waals surface area contributed by atoms with Crippen LogP contribution in [0.25, 0.3) is 10.9 Å². The predicted molar refractivity (Wildman–Crippen MR) is 162 cm³/mol. The fourth-order valence-corrected chi connectivity index (χ4v) is 5.21. The van der Waals surface area contributed by atoms with Crippen molar-refractivity contribution in [2.45, 2.75) is 26.8 Å². The Morgan fingerprint density at radius 2 is 1.70 bits per heavy atom. The Bertz CT molecular complexity index is 1470. The fraction of sp³-hybridized carbons (Fsp3) is 0.312. The quantitative estimate of drug-likeness (QED) is 0.205. The van der Waals surface area contributed by atoms with Crippen molar-refractivity contribution in [1.82, 2.24) is 14.8 Å². The number of halogens is 1. The highest BCUT2D eigenvalue weighted by atomic mass is 79.9. The number of hydrogen-bond donors (Lipinski definition) is 1. The number of fused-ring (bicyclic) bond motifs is 1. The summed E-state index contributed by atoms with van der Waals surface area (Å²) < 4.78 is 11.7. The van der Waals surface area contributed by atoms with E-state index in [4.69, 9.17) is 9.47 Å². The van der Waals surface area contributed by atoms with Gasteiger partial charge in [-0.05, 0) is 59.9 Å². The topological polar surface area (TPSA) is 74.9 Å². The molecule has 0 aliphatic heterocycles. The van der Waals surface area contributed by atoms with Gasteiger partial charge in [0.25, 0.3) is 5.91 Å². The van der Waals surface area contributed by atoms with Gasteiger partial charge < -0.3 is 24.3 Å².